The SMILES string of the molecule is C/C(=N/NC(=O)CSc1nc2ccccc2n1Cc1ccccc1)c1ccc(-c2ccccc2)cc1. The van der Waals surface area contributed by atoms with Crippen molar-refractivity contribution in [1.82, 2.24) is 15.0 Å². The number of carbonyl (C=O) groups excluding carboxylic acids is 1. The van der Waals surface area contributed by atoms with Crippen molar-refractivity contribution in [1.29, 1.82) is 0 Å². The Morgan fingerprint density at radius 1 is 0.833 bits per heavy atom. The third-order valence-corrected chi connectivity index (χ3v) is 6.87. The first-order valence-electron chi connectivity index (χ1n) is 11.8. The van der Waals surface area contributed by atoms with Gasteiger partial charge in [-0.25, -0.2) is 10.4 Å². The number of hydrogen-bond acceptors (Lipinski definition) is 4. The maximum absolute atomic E-state index is 12.6. The zero-order valence-corrected chi connectivity index (χ0v) is 20.8. The van der Waals surface area contributed by atoms with Crippen LogP contribution in [0.4, 0.5) is 0 Å². The van der Waals surface area contributed by atoms with Crippen LogP contribution in [-0.2, 0) is 11.3 Å². The lowest BCUT2D eigenvalue weighted by molar-refractivity contribution is -0.118. The first-order chi connectivity index (χ1) is 17.7. The van der Waals surface area contributed by atoms with Crippen molar-refractivity contribution in [3.8, 4) is 11.1 Å². The molecule has 0 aliphatic heterocycles. The molecule has 0 aliphatic carbocycles. The van der Waals surface area contributed by atoms with E-state index >= 15 is 0 Å². The monoisotopic (exact) mass is 490 g/mol. The van der Waals surface area contributed by atoms with E-state index in [2.05, 4.69) is 57.6 Å². The van der Waals surface area contributed by atoms with Crippen LogP contribution in [0.3, 0.4) is 0 Å². The summed E-state index contributed by atoms with van der Waals surface area (Å²) in [6, 6.07) is 36.7. The molecular weight excluding hydrogens is 464 g/mol. The number of thioether (sulfide) groups is 1. The second-order valence-corrected chi connectivity index (χ2v) is 9.36. The van der Waals surface area contributed by atoms with Crippen molar-refractivity contribution >= 4 is 34.4 Å². The molecule has 1 heterocycles. The third-order valence-electron chi connectivity index (χ3n) is 5.89. The maximum Gasteiger partial charge on any atom is 0.250 e. The molecule has 0 saturated carbocycles. The molecule has 6 heteroatoms. The van der Waals surface area contributed by atoms with Gasteiger partial charge in [0.2, 0.25) is 0 Å². The Hall–Kier alpha value is -4.16. The summed E-state index contributed by atoms with van der Waals surface area (Å²) in [5, 5.41) is 5.13. The van der Waals surface area contributed by atoms with Crippen LogP contribution in [0.25, 0.3) is 22.2 Å². The normalized spacial score (nSPS) is 11.5. The molecule has 178 valence electrons. The molecule has 36 heavy (non-hydrogen) atoms. The Bertz CT molecular complexity index is 1490. The van der Waals surface area contributed by atoms with Crippen molar-refractivity contribution in [2.75, 3.05) is 5.75 Å². The average molecular weight is 491 g/mol. The molecule has 1 aromatic heterocycles. The highest BCUT2D eigenvalue weighted by Crippen LogP contribution is 2.25. The molecule has 0 unspecified atom stereocenters. The molecule has 4 aromatic carbocycles. The topological polar surface area (TPSA) is 59.3 Å². The van der Waals surface area contributed by atoms with Crippen LogP contribution in [0.1, 0.15) is 18.1 Å². The number of carbonyl (C=O) groups is 1. The standard InChI is InChI=1S/C30H26N4OS/c1-22(24-16-18-26(19-17-24)25-12-6-3-7-13-25)32-33-29(35)21-36-30-31-27-14-8-9-15-28(27)34(30)20-23-10-4-2-5-11-23/h2-19H,20-21H2,1H3,(H,33,35)/b32-22-. The van der Waals surface area contributed by atoms with Crippen molar-refractivity contribution in [3.63, 3.8) is 0 Å². The van der Waals surface area contributed by atoms with E-state index < -0.39 is 0 Å². The number of nitrogens with zero attached hydrogens (tertiary/aromatic N) is 3. The Morgan fingerprint density at radius 3 is 2.22 bits per heavy atom. The van der Waals surface area contributed by atoms with Gasteiger partial charge in [-0.1, -0.05) is 109 Å². The lowest BCUT2D eigenvalue weighted by Crippen LogP contribution is -2.21. The molecule has 5 aromatic rings. The number of imidazole rings is 1. The Labute approximate surface area is 214 Å². The lowest BCUT2D eigenvalue weighted by atomic mass is 10.0. The average Bonchev–Trinajstić information content (AvgIpc) is 3.29. The third kappa shape index (κ3) is 5.56. The molecule has 5 rings (SSSR count). The van der Waals surface area contributed by atoms with Crippen molar-refractivity contribution in [2.45, 2.75) is 18.6 Å². The Kier molecular flexibility index (Phi) is 7.24. The number of hydrazone groups is 1. The molecule has 0 aliphatic rings. The molecule has 0 spiro atoms. The molecule has 0 fully saturated rings. The van der Waals surface area contributed by atoms with Gasteiger partial charge in [-0.3, -0.25) is 4.79 Å². The van der Waals surface area contributed by atoms with Crippen LogP contribution >= 0.6 is 11.8 Å². The highest BCUT2D eigenvalue weighted by molar-refractivity contribution is 7.99. The van der Waals surface area contributed by atoms with E-state index in [9.17, 15) is 4.79 Å². The van der Waals surface area contributed by atoms with Crippen molar-refractivity contribution in [3.05, 3.63) is 120 Å². The summed E-state index contributed by atoms with van der Waals surface area (Å²) in [6.45, 7) is 2.59. The van der Waals surface area contributed by atoms with Crippen LogP contribution in [-0.4, -0.2) is 26.9 Å². The highest BCUT2D eigenvalue weighted by atomic mass is 32.2. The van der Waals surface area contributed by atoms with Gasteiger partial charge in [-0.05, 0) is 41.3 Å². The summed E-state index contributed by atoms with van der Waals surface area (Å²) in [4.78, 5) is 17.4. The summed E-state index contributed by atoms with van der Waals surface area (Å²) >= 11 is 1.42. The van der Waals surface area contributed by atoms with Gasteiger partial charge in [0, 0.05) is 0 Å². The van der Waals surface area contributed by atoms with Crippen molar-refractivity contribution in [2.24, 2.45) is 5.10 Å². The summed E-state index contributed by atoms with van der Waals surface area (Å²) < 4.78 is 2.16. The molecule has 5 nitrogen and oxygen atoms in total. The van der Waals surface area contributed by atoms with Crippen LogP contribution in [0, 0.1) is 0 Å². The van der Waals surface area contributed by atoms with E-state index in [1.807, 2.05) is 73.7 Å². The van der Waals surface area contributed by atoms with E-state index in [0.717, 1.165) is 33.0 Å². The zero-order chi connectivity index (χ0) is 24.7. The van der Waals surface area contributed by atoms with Crippen LogP contribution in [0.2, 0.25) is 0 Å². The smallest absolute Gasteiger partial charge is 0.250 e. The summed E-state index contributed by atoms with van der Waals surface area (Å²) in [5.41, 5.74) is 9.88. The summed E-state index contributed by atoms with van der Waals surface area (Å²) in [5.74, 6) is 0.0561. The lowest BCUT2D eigenvalue weighted by Gasteiger charge is -2.09. The number of hydrogen-bond donors (Lipinski definition) is 1. The maximum atomic E-state index is 12.6. The summed E-state index contributed by atoms with van der Waals surface area (Å²) in [7, 11) is 0. The fraction of sp³-hybridized carbons (Fsp3) is 0.100. The number of benzene rings is 4. The minimum Gasteiger partial charge on any atom is -0.314 e. The van der Waals surface area contributed by atoms with Crippen LogP contribution < -0.4 is 5.43 Å². The number of nitrogens with one attached hydrogen (secondary N) is 1. The minimum atomic E-state index is -0.168. The number of amides is 1. The van der Waals surface area contributed by atoms with Gasteiger partial charge in [0.25, 0.3) is 5.91 Å². The number of para-hydroxylation sites is 2. The summed E-state index contributed by atoms with van der Waals surface area (Å²) in [6.07, 6.45) is 0. The first-order valence-corrected chi connectivity index (χ1v) is 12.8. The van der Waals surface area contributed by atoms with Gasteiger partial charge in [-0.2, -0.15) is 5.10 Å². The molecule has 0 saturated heterocycles. The van der Waals surface area contributed by atoms with E-state index in [4.69, 9.17) is 4.98 Å². The van der Waals surface area contributed by atoms with Gasteiger partial charge in [0.15, 0.2) is 5.16 Å². The Morgan fingerprint density at radius 2 is 1.47 bits per heavy atom. The van der Waals surface area contributed by atoms with Crippen LogP contribution in [0.5, 0.6) is 0 Å². The fourth-order valence-corrected chi connectivity index (χ4v) is 4.80. The predicted molar refractivity (Wildman–Crippen MR) is 148 cm³/mol. The first kappa shape index (κ1) is 23.6. The molecule has 1 amide bonds. The molecular formula is C30H26N4OS. The second-order valence-electron chi connectivity index (χ2n) is 8.42. The van der Waals surface area contributed by atoms with Crippen LogP contribution in [0.15, 0.2) is 119 Å². The van der Waals surface area contributed by atoms with Gasteiger partial charge in [0.05, 0.1) is 29.0 Å². The molecule has 1 N–H and O–H groups in total. The second kappa shape index (κ2) is 11.1. The van der Waals surface area contributed by atoms with E-state index in [1.54, 1.807) is 0 Å². The molecule has 0 atom stereocenters. The quantitative estimate of drug-likeness (QED) is 0.156. The largest absolute Gasteiger partial charge is 0.314 e. The van der Waals surface area contributed by atoms with Crippen molar-refractivity contribution < 1.29 is 4.79 Å². The number of fused-ring (bicyclic) bond motifs is 1. The minimum absolute atomic E-state index is 0.168. The highest BCUT2D eigenvalue weighted by Gasteiger charge is 2.13. The number of rotatable bonds is 8. The van der Waals surface area contributed by atoms with Gasteiger partial charge in [0.1, 0.15) is 0 Å². The molecule has 0 radical (unpaired) electrons. The fourth-order valence-electron chi connectivity index (χ4n) is 3.99. The van der Waals surface area contributed by atoms with Gasteiger partial charge >= 0.3 is 0 Å². The Balaban J connectivity index is 1.24. The molecule has 0 bridgehead atoms. The number of aromatic nitrogens is 2. The van der Waals surface area contributed by atoms with Gasteiger partial charge < -0.3 is 4.57 Å². The zero-order valence-electron chi connectivity index (χ0n) is 20.0. The predicted octanol–water partition coefficient (Wildman–Crippen LogP) is 6.38. The van der Waals surface area contributed by atoms with E-state index in [1.165, 1.54) is 22.9 Å². The van der Waals surface area contributed by atoms with Gasteiger partial charge in [-0.15, -0.1) is 0 Å². The van der Waals surface area contributed by atoms with E-state index in [-0.39, 0.29) is 11.7 Å². The van der Waals surface area contributed by atoms with E-state index in [0.29, 0.717) is 6.54 Å².